The molecule has 1 aliphatic rings. The number of nitrogens with zero attached hydrogens (tertiary/aromatic N) is 2. The van der Waals surface area contributed by atoms with Crippen LogP contribution in [0.3, 0.4) is 0 Å². The summed E-state index contributed by atoms with van der Waals surface area (Å²) in [6, 6.07) is 6.35. The first-order valence-electron chi connectivity index (χ1n) is 7.27. The molecule has 1 heterocycles. The van der Waals surface area contributed by atoms with Gasteiger partial charge in [-0.3, -0.25) is 0 Å². The van der Waals surface area contributed by atoms with Gasteiger partial charge in [0, 0.05) is 24.8 Å². The van der Waals surface area contributed by atoms with Gasteiger partial charge in [-0.2, -0.15) is 0 Å². The van der Waals surface area contributed by atoms with Crippen LogP contribution in [-0.2, 0) is 0 Å². The van der Waals surface area contributed by atoms with Gasteiger partial charge in [0.2, 0.25) is 0 Å². The smallest absolute Gasteiger partial charge is 0.104 e. The Morgan fingerprint density at radius 2 is 2.05 bits per heavy atom. The van der Waals surface area contributed by atoms with Crippen molar-refractivity contribution >= 4 is 22.9 Å². The normalized spacial score (nSPS) is 17.1. The van der Waals surface area contributed by atoms with Gasteiger partial charge in [0.25, 0.3) is 0 Å². The molecule has 1 aromatic carbocycles. The van der Waals surface area contributed by atoms with Crippen LogP contribution in [0.1, 0.15) is 24.0 Å². The second-order valence-electron chi connectivity index (χ2n) is 5.99. The van der Waals surface area contributed by atoms with E-state index in [1.165, 1.54) is 31.6 Å². The molecule has 0 aliphatic carbocycles. The molecule has 0 spiro atoms. The molecule has 2 N–H and O–H groups in total. The first-order chi connectivity index (χ1) is 9.47. The number of likely N-dealkylation sites (tertiary alicyclic amines) is 1. The number of rotatable bonds is 4. The fourth-order valence-corrected chi connectivity index (χ4v) is 3.13. The molecule has 0 saturated carbocycles. The Morgan fingerprint density at radius 3 is 2.60 bits per heavy atom. The molecule has 1 fully saturated rings. The van der Waals surface area contributed by atoms with E-state index in [1.807, 2.05) is 6.07 Å². The molecule has 2 rings (SSSR count). The second-order valence-corrected chi connectivity index (χ2v) is 6.43. The van der Waals surface area contributed by atoms with Crippen LogP contribution in [0, 0.1) is 12.8 Å². The Hall–Kier alpha value is -1.13. The summed E-state index contributed by atoms with van der Waals surface area (Å²) in [6.07, 6.45) is 2.59. The molecular formula is C16H25N3S. The first-order valence-corrected chi connectivity index (χ1v) is 7.68. The molecule has 110 valence electrons. The molecular weight excluding hydrogens is 266 g/mol. The molecule has 4 heteroatoms. The lowest BCUT2D eigenvalue weighted by Gasteiger charge is -2.32. The summed E-state index contributed by atoms with van der Waals surface area (Å²) in [4.78, 5) is 5.25. The maximum atomic E-state index is 5.72. The van der Waals surface area contributed by atoms with Gasteiger partial charge in [-0.25, -0.2) is 0 Å². The van der Waals surface area contributed by atoms with Gasteiger partial charge in [0.1, 0.15) is 4.99 Å². The Morgan fingerprint density at radius 1 is 1.40 bits per heavy atom. The van der Waals surface area contributed by atoms with Crippen LogP contribution in [0.4, 0.5) is 5.69 Å². The van der Waals surface area contributed by atoms with Crippen molar-refractivity contribution in [3.05, 3.63) is 29.3 Å². The Labute approximate surface area is 127 Å². The maximum Gasteiger partial charge on any atom is 0.104 e. The van der Waals surface area contributed by atoms with Crippen molar-refractivity contribution in [1.29, 1.82) is 0 Å². The first kappa shape index (κ1) is 15.3. The summed E-state index contributed by atoms with van der Waals surface area (Å²) in [7, 11) is 4.38. The number of benzene rings is 1. The van der Waals surface area contributed by atoms with Crippen molar-refractivity contribution in [1.82, 2.24) is 4.90 Å². The zero-order valence-electron chi connectivity index (χ0n) is 12.7. The van der Waals surface area contributed by atoms with Gasteiger partial charge in [-0.15, -0.1) is 0 Å². The van der Waals surface area contributed by atoms with E-state index in [1.54, 1.807) is 0 Å². The van der Waals surface area contributed by atoms with Crippen LogP contribution in [0.2, 0.25) is 0 Å². The monoisotopic (exact) mass is 291 g/mol. The average molecular weight is 291 g/mol. The number of hydrogen-bond donors (Lipinski definition) is 1. The molecule has 0 atom stereocenters. The predicted molar refractivity (Wildman–Crippen MR) is 90.6 cm³/mol. The molecule has 1 saturated heterocycles. The summed E-state index contributed by atoms with van der Waals surface area (Å²) in [5, 5.41) is 0. The number of anilines is 1. The van der Waals surface area contributed by atoms with Gasteiger partial charge in [0.15, 0.2) is 0 Å². The van der Waals surface area contributed by atoms with Crippen molar-refractivity contribution < 1.29 is 0 Å². The van der Waals surface area contributed by atoms with Crippen molar-refractivity contribution in [2.24, 2.45) is 11.7 Å². The number of nitrogens with two attached hydrogens (primary N) is 1. The Kier molecular flexibility index (Phi) is 5.00. The third-order valence-corrected chi connectivity index (χ3v) is 4.51. The van der Waals surface area contributed by atoms with Gasteiger partial charge in [0.05, 0.1) is 0 Å². The molecule has 0 amide bonds. The summed E-state index contributed by atoms with van der Waals surface area (Å²) in [5.74, 6) is 0.798. The van der Waals surface area contributed by atoms with E-state index in [2.05, 4.69) is 43.0 Å². The third kappa shape index (κ3) is 3.70. The van der Waals surface area contributed by atoms with E-state index >= 15 is 0 Å². The maximum absolute atomic E-state index is 5.72. The molecule has 0 bridgehead atoms. The van der Waals surface area contributed by atoms with Gasteiger partial charge >= 0.3 is 0 Å². The molecule has 20 heavy (non-hydrogen) atoms. The Balaban J connectivity index is 2.00. The molecule has 1 aromatic rings. The highest BCUT2D eigenvalue weighted by atomic mass is 32.1. The quantitative estimate of drug-likeness (QED) is 0.864. The highest BCUT2D eigenvalue weighted by Crippen LogP contribution is 2.22. The second kappa shape index (κ2) is 6.55. The summed E-state index contributed by atoms with van der Waals surface area (Å²) in [6.45, 7) is 5.64. The van der Waals surface area contributed by atoms with Crippen molar-refractivity contribution in [3.63, 3.8) is 0 Å². The van der Waals surface area contributed by atoms with Crippen LogP contribution in [0.25, 0.3) is 0 Å². The summed E-state index contributed by atoms with van der Waals surface area (Å²) >= 11 is 5.06. The molecule has 0 unspecified atom stereocenters. The number of thiocarbonyl (C=S) groups is 1. The SMILES string of the molecule is Cc1cc(N(C)CC2CCN(C)CC2)ccc1C(N)=S. The van der Waals surface area contributed by atoms with E-state index in [0.29, 0.717) is 4.99 Å². The number of hydrogen-bond acceptors (Lipinski definition) is 3. The molecule has 3 nitrogen and oxygen atoms in total. The highest BCUT2D eigenvalue weighted by molar-refractivity contribution is 7.80. The Bertz CT molecular complexity index is 479. The van der Waals surface area contributed by atoms with Crippen molar-refractivity contribution in [3.8, 4) is 0 Å². The van der Waals surface area contributed by atoms with E-state index in [-0.39, 0.29) is 0 Å². The van der Waals surface area contributed by atoms with Gasteiger partial charge in [-0.05, 0) is 69.6 Å². The summed E-state index contributed by atoms with van der Waals surface area (Å²) in [5.41, 5.74) is 9.11. The number of piperidine rings is 1. The third-order valence-electron chi connectivity index (χ3n) is 4.29. The van der Waals surface area contributed by atoms with E-state index in [9.17, 15) is 0 Å². The van der Waals surface area contributed by atoms with Crippen molar-refractivity contribution in [2.45, 2.75) is 19.8 Å². The minimum atomic E-state index is 0.479. The zero-order valence-corrected chi connectivity index (χ0v) is 13.5. The zero-order chi connectivity index (χ0) is 14.7. The summed E-state index contributed by atoms with van der Waals surface area (Å²) < 4.78 is 0. The fraction of sp³-hybridized carbons (Fsp3) is 0.562. The lowest BCUT2D eigenvalue weighted by atomic mass is 9.96. The minimum absolute atomic E-state index is 0.479. The van der Waals surface area contributed by atoms with Crippen LogP contribution in [0.5, 0.6) is 0 Å². The minimum Gasteiger partial charge on any atom is -0.389 e. The lowest BCUT2D eigenvalue weighted by Crippen LogP contribution is -2.35. The van der Waals surface area contributed by atoms with E-state index in [4.69, 9.17) is 18.0 Å². The van der Waals surface area contributed by atoms with Gasteiger partial charge in [-0.1, -0.05) is 12.2 Å². The average Bonchev–Trinajstić information content (AvgIpc) is 2.40. The van der Waals surface area contributed by atoms with Crippen LogP contribution >= 0.6 is 12.2 Å². The lowest BCUT2D eigenvalue weighted by molar-refractivity contribution is 0.222. The van der Waals surface area contributed by atoms with E-state index in [0.717, 1.165) is 23.6 Å². The largest absolute Gasteiger partial charge is 0.389 e. The fourth-order valence-electron chi connectivity index (χ4n) is 2.90. The van der Waals surface area contributed by atoms with Crippen LogP contribution < -0.4 is 10.6 Å². The predicted octanol–water partition coefficient (Wildman–Crippen LogP) is 2.41. The number of aryl methyl sites for hydroxylation is 1. The van der Waals surface area contributed by atoms with Crippen molar-refractivity contribution in [2.75, 3.05) is 38.6 Å². The molecule has 0 radical (unpaired) electrons. The molecule has 0 aromatic heterocycles. The van der Waals surface area contributed by atoms with Gasteiger partial charge < -0.3 is 15.5 Å². The topological polar surface area (TPSA) is 32.5 Å². The molecule has 1 aliphatic heterocycles. The van der Waals surface area contributed by atoms with Crippen LogP contribution in [0.15, 0.2) is 18.2 Å². The van der Waals surface area contributed by atoms with E-state index < -0.39 is 0 Å². The standard InChI is InChI=1S/C16H25N3S/c1-12-10-14(4-5-15(12)16(17)20)19(3)11-13-6-8-18(2)9-7-13/h4-5,10,13H,6-9,11H2,1-3H3,(H2,17,20). The van der Waals surface area contributed by atoms with Crippen LogP contribution in [-0.4, -0.2) is 43.6 Å². The highest BCUT2D eigenvalue weighted by Gasteiger charge is 2.18.